The molecule has 1 aliphatic rings. The normalized spacial score (nSPS) is 21.7. The van der Waals surface area contributed by atoms with Crippen LogP contribution in [0.2, 0.25) is 15.1 Å². The first kappa shape index (κ1) is 18.8. The van der Waals surface area contributed by atoms with Crippen LogP contribution in [-0.2, 0) is 4.87 Å². The highest BCUT2D eigenvalue weighted by Gasteiger charge is 2.37. The molecule has 4 rings (SSSR count). The van der Waals surface area contributed by atoms with Gasteiger partial charge in [0.1, 0.15) is 11.7 Å². The lowest BCUT2D eigenvalue weighted by atomic mass is 9.82. The molecule has 0 fully saturated rings. The maximum absolute atomic E-state index is 6.95. The zero-order valence-corrected chi connectivity index (χ0v) is 17.3. The van der Waals surface area contributed by atoms with E-state index in [0.717, 1.165) is 16.5 Å². The summed E-state index contributed by atoms with van der Waals surface area (Å²) in [6.07, 6.45) is 4.01. The smallest absolute Gasteiger partial charge is 0.123 e. The minimum absolute atomic E-state index is 0.346. The van der Waals surface area contributed by atoms with Crippen molar-refractivity contribution < 1.29 is 0 Å². The Morgan fingerprint density at radius 3 is 2.41 bits per heavy atom. The van der Waals surface area contributed by atoms with Gasteiger partial charge in [0, 0.05) is 5.02 Å². The Bertz CT molecular complexity index is 1080. The molecule has 0 spiro atoms. The zero-order chi connectivity index (χ0) is 19.2. The molecular formula is C21H14Cl4N2. The molecule has 2 atom stereocenters. The van der Waals surface area contributed by atoms with Crippen LogP contribution in [-0.4, -0.2) is 6.04 Å². The Morgan fingerprint density at radius 2 is 1.67 bits per heavy atom. The summed E-state index contributed by atoms with van der Waals surface area (Å²) in [6.45, 7) is 1.94. The van der Waals surface area contributed by atoms with E-state index in [1.54, 1.807) is 12.1 Å². The van der Waals surface area contributed by atoms with Gasteiger partial charge in [-0.1, -0.05) is 83.4 Å². The molecule has 0 bridgehead atoms. The van der Waals surface area contributed by atoms with Crippen molar-refractivity contribution in [2.24, 2.45) is 10.2 Å². The molecule has 0 N–H and O–H groups in total. The zero-order valence-electron chi connectivity index (χ0n) is 14.3. The lowest BCUT2D eigenvalue weighted by molar-refractivity contribution is 0.570. The molecule has 0 aliphatic heterocycles. The molecule has 3 aromatic carbocycles. The maximum Gasteiger partial charge on any atom is 0.123 e. The molecule has 0 amide bonds. The number of hydrogen-bond donors (Lipinski definition) is 0. The van der Waals surface area contributed by atoms with Crippen molar-refractivity contribution in [3.8, 4) is 0 Å². The predicted octanol–water partition coefficient (Wildman–Crippen LogP) is 8.43. The van der Waals surface area contributed by atoms with Gasteiger partial charge in [-0.2, -0.15) is 10.2 Å². The summed E-state index contributed by atoms with van der Waals surface area (Å²) < 4.78 is 0. The van der Waals surface area contributed by atoms with Crippen molar-refractivity contribution in [2.75, 3.05) is 0 Å². The third-order valence-corrected chi connectivity index (χ3v) is 5.98. The largest absolute Gasteiger partial charge is 0.179 e. The Hall–Kier alpha value is -1.58. The van der Waals surface area contributed by atoms with Gasteiger partial charge in [-0.25, -0.2) is 0 Å². The summed E-state index contributed by atoms with van der Waals surface area (Å²) in [5.74, 6) is 0. The fraction of sp³-hybridized carbons (Fsp3) is 0.143. The molecular weight excluding hydrogens is 422 g/mol. The number of rotatable bonds is 2. The molecule has 3 aromatic rings. The van der Waals surface area contributed by atoms with Crippen molar-refractivity contribution in [3.05, 3.63) is 80.8 Å². The molecule has 27 heavy (non-hydrogen) atoms. The first-order valence-electron chi connectivity index (χ1n) is 8.32. The standard InChI is InChI=1S/C21H14Cl4N2/c1-21(25)16-8-6-12-4-2-3-5-14(12)15(16)7-9-19(21)26-27-20-17(23)10-13(22)11-18(20)24/h2-11,19H,1H3. The average molecular weight is 436 g/mol. The third-order valence-electron chi connectivity index (χ3n) is 4.76. The number of benzene rings is 3. The van der Waals surface area contributed by atoms with Gasteiger partial charge in [-0.15, -0.1) is 11.6 Å². The van der Waals surface area contributed by atoms with Gasteiger partial charge in [0.2, 0.25) is 0 Å². The van der Waals surface area contributed by atoms with Gasteiger partial charge in [-0.05, 0) is 41.0 Å². The summed E-state index contributed by atoms with van der Waals surface area (Å²) in [6, 6.07) is 15.2. The van der Waals surface area contributed by atoms with E-state index in [1.807, 2.05) is 25.1 Å². The van der Waals surface area contributed by atoms with Crippen molar-refractivity contribution in [1.29, 1.82) is 0 Å². The van der Waals surface area contributed by atoms with Gasteiger partial charge in [0.25, 0.3) is 0 Å². The average Bonchev–Trinajstić information content (AvgIpc) is 2.62. The van der Waals surface area contributed by atoms with Crippen molar-refractivity contribution in [2.45, 2.75) is 17.8 Å². The summed E-state index contributed by atoms with van der Waals surface area (Å²) in [5.41, 5.74) is 2.51. The topological polar surface area (TPSA) is 24.7 Å². The predicted molar refractivity (Wildman–Crippen MR) is 116 cm³/mol. The highest BCUT2D eigenvalue weighted by atomic mass is 35.5. The number of nitrogens with zero attached hydrogens (tertiary/aromatic N) is 2. The SMILES string of the molecule is CC1(Cl)c2ccc3ccccc3c2C=CC1N=Nc1c(Cl)cc(Cl)cc1Cl. The van der Waals surface area contributed by atoms with Crippen LogP contribution in [0.5, 0.6) is 0 Å². The second kappa shape index (κ2) is 7.10. The second-order valence-electron chi connectivity index (χ2n) is 6.56. The minimum Gasteiger partial charge on any atom is -0.179 e. The van der Waals surface area contributed by atoms with E-state index in [2.05, 4.69) is 40.6 Å². The van der Waals surface area contributed by atoms with E-state index in [1.165, 1.54) is 5.39 Å². The summed E-state index contributed by atoms with van der Waals surface area (Å²) in [5, 5.41) is 12.2. The summed E-state index contributed by atoms with van der Waals surface area (Å²) in [4.78, 5) is -0.747. The fourth-order valence-electron chi connectivity index (χ4n) is 3.33. The van der Waals surface area contributed by atoms with E-state index >= 15 is 0 Å². The lowest BCUT2D eigenvalue weighted by Gasteiger charge is -2.32. The molecule has 2 unspecified atom stereocenters. The number of halogens is 4. The minimum atomic E-state index is -0.747. The van der Waals surface area contributed by atoms with Crippen molar-refractivity contribution in [1.82, 2.24) is 0 Å². The monoisotopic (exact) mass is 434 g/mol. The van der Waals surface area contributed by atoms with E-state index < -0.39 is 4.87 Å². The Labute approximate surface area is 177 Å². The third kappa shape index (κ3) is 3.36. The van der Waals surface area contributed by atoms with Crippen LogP contribution in [0, 0.1) is 0 Å². The van der Waals surface area contributed by atoms with Crippen molar-refractivity contribution >= 4 is 68.9 Å². The van der Waals surface area contributed by atoms with Gasteiger partial charge >= 0.3 is 0 Å². The highest BCUT2D eigenvalue weighted by Crippen LogP contribution is 2.44. The Morgan fingerprint density at radius 1 is 0.963 bits per heavy atom. The van der Waals surface area contributed by atoms with E-state index in [0.29, 0.717) is 20.8 Å². The molecule has 0 saturated carbocycles. The number of azo groups is 1. The maximum atomic E-state index is 6.95. The Kier molecular flexibility index (Phi) is 4.94. The Balaban J connectivity index is 1.75. The number of fused-ring (bicyclic) bond motifs is 3. The van der Waals surface area contributed by atoms with Crippen molar-refractivity contribution in [3.63, 3.8) is 0 Å². The van der Waals surface area contributed by atoms with Gasteiger partial charge < -0.3 is 0 Å². The molecule has 2 nitrogen and oxygen atoms in total. The summed E-state index contributed by atoms with van der Waals surface area (Å²) in [7, 11) is 0. The molecule has 0 radical (unpaired) electrons. The molecule has 1 aliphatic carbocycles. The number of hydrogen-bond acceptors (Lipinski definition) is 2. The van der Waals surface area contributed by atoms with Gasteiger partial charge in [-0.3, -0.25) is 0 Å². The second-order valence-corrected chi connectivity index (χ2v) is 8.60. The van der Waals surface area contributed by atoms with E-state index in [9.17, 15) is 0 Å². The van der Waals surface area contributed by atoms with Crippen LogP contribution in [0.15, 0.2) is 64.8 Å². The molecule has 6 heteroatoms. The van der Waals surface area contributed by atoms with Crippen LogP contribution in [0.3, 0.4) is 0 Å². The fourth-order valence-corrected chi connectivity index (χ4v) is 4.50. The molecule has 0 saturated heterocycles. The van der Waals surface area contributed by atoms with Crippen LogP contribution < -0.4 is 0 Å². The first-order chi connectivity index (χ1) is 12.9. The van der Waals surface area contributed by atoms with Gasteiger partial charge in [0.05, 0.1) is 14.9 Å². The summed E-state index contributed by atoms with van der Waals surface area (Å²) >= 11 is 25.3. The molecule has 0 aromatic heterocycles. The molecule has 0 heterocycles. The molecule has 136 valence electrons. The number of alkyl halides is 1. The van der Waals surface area contributed by atoms with Gasteiger partial charge in [0.15, 0.2) is 0 Å². The van der Waals surface area contributed by atoms with Crippen LogP contribution in [0.4, 0.5) is 5.69 Å². The van der Waals surface area contributed by atoms with Crippen LogP contribution >= 0.6 is 46.4 Å². The quantitative estimate of drug-likeness (QED) is 0.285. The van der Waals surface area contributed by atoms with Crippen LogP contribution in [0.25, 0.3) is 16.8 Å². The van der Waals surface area contributed by atoms with E-state index in [-0.39, 0.29) is 6.04 Å². The van der Waals surface area contributed by atoms with E-state index in [4.69, 9.17) is 46.4 Å². The van der Waals surface area contributed by atoms with Crippen LogP contribution in [0.1, 0.15) is 18.1 Å². The highest BCUT2D eigenvalue weighted by molar-refractivity contribution is 6.41. The lowest BCUT2D eigenvalue weighted by Crippen LogP contribution is -2.31. The first-order valence-corrected chi connectivity index (χ1v) is 9.84.